The molecule has 0 aliphatic carbocycles. The average Bonchev–Trinajstić information content (AvgIpc) is 2.84. The maximum atomic E-state index is 12.7. The third-order valence-corrected chi connectivity index (χ3v) is 4.18. The first-order chi connectivity index (χ1) is 11.6. The van der Waals surface area contributed by atoms with Crippen molar-refractivity contribution in [3.8, 4) is 0 Å². The Morgan fingerprint density at radius 3 is 2.38 bits per heavy atom. The monoisotopic (exact) mass is 319 g/mol. The van der Waals surface area contributed by atoms with Gasteiger partial charge >= 0.3 is 0 Å². The minimum atomic E-state index is -0.112. The van der Waals surface area contributed by atoms with Crippen molar-refractivity contribution in [2.24, 2.45) is 0 Å². The second kappa shape index (κ2) is 6.71. The molecule has 24 heavy (non-hydrogen) atoms. The Kier molecular flexibility index (Phi) is 4.47. The molecule has 0 radical (unpaired) electrons. The van der Waals surface area contributed by atoms with E-state index in [-0.39, 0.29) is 5.91 Å². The standard InChI is InChI=1S/C20H21N3O/c1-14-9-7-8-12-18(14)21-20(24)19-15(2)22-23(16(19)3)13-17-10-5-4-6-11-17/h4-12H,13H2,1-3H3,(H,21,24). The van der Waals surface area contributed by atoms with Crippen LogP contribution in [0, 0.1) is 20.8 Å². The van der Waals surface area contributed by atoms with Gasteiger partial charge in [-0.3, -0.25) is 9.48 Å². The van der Waals surface area contributed by atoms with E-state index in [1.807, 2.05) is 67.9 Å². The molecule has 1 heterocycles. The van der Waals surface area contributed by atoms with E-state index in [0.29, 0.717) is 12.1 Å². The number of amides is 1. The van der Waals surface area contributed by atoms with E-state index in [4.69, 9.17) is 0 Å². The molecule has 3 aromatic rings. The highest BCUT2D eigenvalue weighted by atomic mass is 16.1. The number of carbonyl (C=O) groups is 1. The number of hydrogen-bond acceptors (Lipinski definition) is 2. The molecule has 3 rings (SSSR count). The fourth-order valence-corrected chi connectivity index (χ4v) is 2.83. The summed E-state index contributed by atoms with van der Waals surface area (Å²) in [6, 6.07) is 17.9. The predicted molar refractivity (Wildman–Crippen MR) is 96.4 cm³/mol. The lowest BCUT2D eigenvalue weighted by atomic mass is 10.1. The van der Waals surface area contributed by atoms with E-state index in [0.717, 1.165) is 28.2 Å². The van der Waals surface area contributed by atoms with Crippen LogP contribution in [0.5, 0.6) is 0 Å². The molecule has 1 aromatic heterocycles. The van der Waals surface area contributed by atoms with Gasteiger partial charge in [0.25, 0.3) is 5.91 Å². The van der Waals surface area contributed by atoms with Crippen molar-refractivity contribution >= 4 is 11.6 Å². The predicted octanol–water partition coefficient (Wildman–Crippen LogP) is 4.11. The number of aromatic nitrogens is 2. The number of carbonyl (C=O) groups excluding carboxylic acids is 1. The number of nitrogens with one attached hydrogen (secondary N) is 1. The number of aryl methyl sites for hydroxylation is 2. The van der Waals surface area contributed by atoms with Crippen LogP contribution in [0.2, 0.25) is 0 Å². The quantitative estimate of drug-likeness (QED) is 0.786. The van der Waals surface area contributed by atoms with Gasteiger partial charge < -0.3 is 5.32 Å². The number of nitrogens with zero attached hydrogens (tertiary/aromatic N) is 2. The third-order valence-electron chi connectivity index (χ3n) is 4.18. The molecule has 4 nitrogen and oxygen atoms in total. The molecular weight excluding hydrogens is 298 g/mol. The van der Waals surface area contributed by atoms with Crippen LogP contribution in [-0.2, 0) is 6.54 Å². The molecule has 2 aromatic carbocycles. The summed E-state index contributed by atoms with van der Waals surface area (Å²) in [6.45, 7) is 6.45. The van der Waals surface area contributed by atoms with Crippen molar-refractivity contribution in [3.05, 3.63) is 82.7 Å². The molecular formula is C20H21N3O. The van der Waals surface area contributed by atoms with Crippen LogP contribution in [0.4, 0.5) is 5.69 Å². The SMILES string of the molecule is Cc1ccccc1NC(=O)c1c(C)nn(Cc2ccccc2)c1C. The highest BCUT2D eigenvalue weighted by Crippen LogP contribution is 2.19. The van der Waals surface area contributed by atoms with Crippen LogP contribution >= 0.6 is 0 Å². The van der Waals surface area contributed by atoms with Gasteiger partial charge in [0.15, 0.2) is 0 Å². The molecule has 122 valence electrons. The first kappa shape index (κ1) is 16.0. The summed E-state index contributed by atoms with van der Waals surface area (Å²) in [5, 5.41) is 7.54. The van der Waals surface area contributed by atoms with Crippen molar-refractivity contribution in [1.82, 2.24) is 9.78 Å². The summed E-state index contributed by atoms with van der Waals surface area (Å²) in [5.74, 6) is -0.112. The molecule has 0 fully saturated rings. The Bertz CT molecular complexity index is 866. The third kappa shape index (κ3) is 3.23. The minimum absolute atomic E-state index is 0.112. The maximum absolute atomic E-state index is 12.7. The molecule has 0 atom stereocenters. The highest BCUT2D eigenvalue weighted by Gasteiger charge is 2.19. The van der Waals surface area contributed by atoms with Crippen LogP contribution in [0.15, 0.2) is 54.6 Å². The van der Waals surface area contributed by atoms with E-state index in [9.17, 15) is 4.79 Å². The largest absolute Gasteiger partial charge is 0.322 e. The average molecular weight is 319 g/mol. The second-order valence-electron chi connectivity index (χ2n) is 5.96. The molecule has 0 saturated carbocycles. The molecule has 1 amide bonds. The summed E-state index contributed by atoms with van der Waals surface area (Å²) in [5.41, 5.74) is 5.30. The van der Waals surface area contributed by atoms with Crippen LogP contribution in [0.25, 0.3) is 0 Å². The molecule has 4 heteroatoms. The minimum Gasteiger partial charge on any atom is -0.322 e. The first-order valence-electron chi connectivity index (χ1n) is 8.01. The lowest BCUT2D eigenvalue weighted by Gasteiger charge is -2.09. The lowest BCUT2D eigenvalue weighted by molar-refractivity contribution is 0.102. The van der Waals surface area contributed by atoms with Gasteiger partial charge in [-0.1, -0.05) is 48.5 Å². The van der Waals surface area contributed by atoms with Crippen LogP contribution < -0.4 is 5.32 Å². The zero-order valence-electron chi connectivity index (χ0n) is 14.2. The highest BCUT2D eigenvalue weighted by molar-refractivity contribution is 6.06. The van der Waals surface area contributed by atoms with Gasteiger partial charge in [-0.05, 0) is 38.0 Å². The lowest BCUT2D eigenvalue weighted by Crippen LogP contribution is -2.15. The molecule has 1 N–H and O–H groups in total. The zero-order chi connectivity index (χ0) is 17.1. The topological polar surface area (TPSA) is 46.9 Å². The van der Waals surface area contributed by atoms with E-state index in [2.05, 4.69) is 22.5 Å². The van der Waals surface area contributed by atoms with Crippen LogP contribution in [-0.4, -0.2) is 15.7 Å². The van der Waals surface area contributed by atoms with Crippen molar-refractivity contribution in [2.45, 2.75) is 27.3 Å². The van der Waals surface area contributed by atoms with Gasteiger partial charge in [-0.2, -0.15) is 5.10 Å². The Morgan fingerprint density at radius 2 is 1.67 bits per heavy atom. The molecule has 0 unspecified atom stereocenters. The Morgan fingerprint density at radius 1 is 1.00 bits per heavy atom. The van der Waals surface area contributed by atoms with E-state index in [1.165, 1.54) is 0 Å². The Balaban J connectivity index is 1.86. The first-order valence-corrected chi connectivity index (χ1v) is 8.01. The maximum Gasteiger partial charge on any atom is 0.259 e. The van der Waals surface area contributed by atoms with Crippen molar-refractivity contribution < 1.29 is 4.79 Å². The molecule has 0 spiro atoms. The fraction of sp³-hybridized carbons (Fsp3) is 0.200. The number of anilines is 1. The van der Waals surface area contributed by atoms with E-state index >= 15 is 0 Å². The molecule has 0 aliphatic rings. The second-order valence-corrected chi connectivity index (χ2v) is 5.96. The van der Waals surface area contributed by atoms with Crippen molar-refractivity contribution in [2.75, 3.05) is 5.32 Å². The Labute approximate surface area is 142 Å². The molecule has 0 saturated heterocycles. The van der Waals surface area contributed by atoms with Gasteiger partial charge in [0.05, 0.1) is 17.8 Å². The summed E-state index contributed by atoms with van der Waals surface area (Å²) in [6.07, 6.45) is 0. The number of hydrogen-bond donors (Lipinski definition) is 1. The van der Waals surface area contributed by atoms with Gasteiger partial charge in [-0.15, -0.1) is 0 Å². The van der Waals surface area contributed by atoms with Crippen LogP contribution in [0.3, 0.4) is 0 Å². The smallest absolute Gasteiger partial charge is 0.259 e. The van der Waals surface area contributed by atoms with Crippen molar-refractivity contribution in [3.63, 3.8) is 0 Å². The summed E-state index contributed by atoms with van der Waals surface area (Å²) in [7, 11) is 0. The van der Waals surface area contributed by atoms with E-state index in [1.54, 1.807) is 0 Å². The summed E-state index contributed by atoms with van der Waals surface area (Å²) >= 11 is 0. The summed E-state index contributed by atoms with van der Waals surface area (Å²) < 4.78 is 1.89. The molecule has 0 aliphatic heterocycles. The number of benzene rings is 2. The van der Waals surface area contributed by atoms with E-state index < -0.39 is 0 Å². The normalized spacial score (nSPS) is 10.6. The van der Waals surface area contributed by atoms with Gasteiger partial charge in [-0.25, -0.2) is 0 Å². The fourth-order valence-electron chi connectivity index (χ4n) is 2.83. The van der Waals surface area contributed by atoms with Crippen LogP contribution in [0.1, 0.15) is 32.9 Å². The molecule has 0 bridgehead atoms. The van der Waals surface area contributed by atoms with Crippen molar-refractivity contribution in [1.29, 1.82) is 0 Å². The number of rotatable bonds is 4. The van der Waals surface area contributed by atoms with Gasteiger partial charge in [0, 0.05) is 11.4 Å². The Hall–Kier alpha value is -2.88. The number of para-hydroxylation sites is 1. The summed E-state index contributed by atoms with van der Waals surface area (Å²) in [4.78, 5) is 12.7. The zero-order valence-corrected chi connectivity index (χ0v) is 14.2. The van der Waals surface area contributed by atoms with Gasteiger partial charge in [0.2, 0.25) is 0 Å². The van der Waals surface area contributed by atoms with Gasteiger partial charge in [0.1, 0.15) is 0 Å².